The monoisotopic (exact) mass is 232 g/mol. The predicted molar refractivity (Wildman–Crippen MR) is 70.0 cm³/mol. The van der Waals surface area contributed by atoms with E-state index in [1.165, 1.54) is 16.8 Å². The minimum absolute atomic E-state index is 0.00496. The molecule has 0 saturated carbocycles. The van der Waals surface area contributed by atoms with Crippen LogP contribution in [0.1, 0.15) is 24.0 Å². The first-order valence-corrected chi connectivity index (χ1v) is 6.19. The Morgan fingerprint density at radius 1 is 1.35 bits per heavy atom. The van der Waals surface area contributed by atoms with Crippen LogP contribution in [0.25, 0.3) is 0 Å². The summed E-state index contributed by atoms with van der Waals surface area (Å²) in [6, 6.07) is 6.46. The van der Waals surface area contributed by atoms with Gasteiger partial charge in [-0.15, -0.1) is 0 Å². The van der Waals surface area contributed by atoms with Crippen molar-refractivity contribution in [3.8, 4) is 0 Å². The maximum Gasteiger partial charge on any atom is 0.222 e. The van der Waals surface area contributed by atoms with Gasteiger partial charge in [0.1, 0.15) is 0 Å². The fourth-order valence-electron chi connectivity index (χ4n) is 2.37. The number of primary amides is 1. The van der Waals surface area contributed by atoms with Gasteiger partial charge in [-0.2, -0.15) is 0 Å². The first kappa shape index (κ1) is 12.0. The average molecular weight is 232 g/mol. The molecule has 1 fully saturated rings. The minimum Gasteiger partial charge on any atom is -0.371 e. The van der Waals surface area contributed by atoms with E-state index in [4.69, 9.17) is 5.73 Å². The average Bonchev–Trinajstić information content (AvgIpc) is 2.33. The maximum absolute atomic E-state index is 11.2. The zero-order chi connectivity index (χ0) is 12.4. The topological polar surface area (TPSA) is 46.3 Å². The van der Waals surface area contributed by atoms with E-state index in [1.54, 1.807) is 0 Å². The molecule has 1 aliphatic rings. The molecule has 0 spiro atoms. The largest absolute Gasteiger partial charge is 0.371 e. The van der Waals surface area contributed by atoms with Crippen molar-refractivity contribution in [2.24, 2.45) is 11.7 Å². The van der Waals surface area contributed by atoms with Gasteiger partial charge in [0.25, 0.3) is 0 Å². The molecule has 2 N–H and O–H groups in total. The van der Waals surface area contributed by atoms with Crippen LogP contribution < -0.4 is 10.6 Å². The lowest BCUT2D eigenvalue weighted by atomic mass is 9.96. The molecule has 0 aromatic heterocycles. The van der Waals surface area contributed by atoms with Crippen LogP contribution in [0.2, 0.25) is 0 Å². The van der Waals surface area contributed by atoms with Gasteiger partial charge in [-0.3, -0.25) is 4.79 Å². The van der Waals surface area contributed by atoms with Crippen LogP contribution in [0, 0.1) is 19.8 Å². The van der Waals surface area contributed by atoms with Crippen LogP contribution in [-0.2, 0) is 4.79 Å². The highest BCUT2D eigenvalue weighted by Gasteiger charge is 2.24. The van der Waals surface area contributed by atoms with Gasteiger partial charge in [0.2, 0.25) is 5.91 Å². The third kappa shape index (κ3) is 2.60. The molecule has 1 saturated heterocycles. The molecular formula is C14H20N2O. The summed E-state index contributed by atoms with van der Waals surface area (Å²) in [5, 5.41) is 0. The summed E-state index contributed by atoms with van der Waals surface area (Å²) in [6.45, 7) is 6.01. The summed E-state index contributed by atoms with van der Waals surface area (Å²) in [5.74, 6) is -0.163. The minimum atomic E-state index is -0.168. The van der Waals surface area contributed by atoms with Gasteiger partial charge in [-0.1, -0.05) is 6.07 Å². The molecule has 2 rings (SSSR count). The zero-order valence-corrected chi connectivity index (χ0v) is 10.6. The van der Waals surface area contributed by atoms with E-state index in [1.807, 2.05) is 0 Å². The highest BCUT2D eigenvalue weighted by molar-refractivity contribution is 5.77. The fourth-order valence-corrected chi connectivity index (χ4v) is 2.37. The summed E-state index contributed by atoms with van der Waals surface area (Å²) in [5.41, 5.74) is 9.20. The smallest absolute Gasteiger partial charge is 0.222 e. The summed E-state index contributed by atoms with van der Waals surface area (Å²) < 4.78 is 0. The van der Waals surface area contributed by atoms with E-state index in [-0.39, 0.29) is 11.8 Å². The Morgan fingerprint density at radius 3 is 2.76 bits per heavy atom. The van der Waals surface area contributed by atoms with Gasteiger partial charge in [0.05, 0.1) is 5.92 Å². The second-order valence-corrected chi connectivity index (χ2v) is 4.96. The predicted octanol–water partition coefficient (Wildman–Crippen LogP) is 2.01. The van der Waals surface area contributed by atoms with Crippen molar-refractivity contribution in [1.82, 2.24) is 0 Å². The number of nitrogens with zero attached hydrogens (tertiary/aromatic N) is 1. The zero-order valence-electron chi connectivity index (χ0n) is 10.6. The number of benzene rings is 1. The van der Waals surface area contributed by atoms with Crippen molar-refractivity contribution >= 4 is 11.6 Å². The molecule has 0 radical (unpaired) electrons. The van der Waals surface area contributed by atoms with Gasteiger partial charge < -0.3 is 10.6 Å². The van der Waals surface area contributed by atoms with Gasteiger partial charge in [-0.05, 0) is 49.9 Å². The van der Waals surface area contributed by atoms with Crippen molar-refractivity contribution < 1.29 is 4.79 Å². The normalized spacial score (nSPS) is 20.4. The Kier molecular flexibility index (Phi) is 3.36. The Morgan fingerprint density at radius 2 is 2.12 bits per heavy atom. The number of hydrogen-bond acceptors (Lipinski definition) is 2. The summed E-state index contributed by atoms with van der Waals surface area (Å²) >= 11 is 0. The van der Waals surface area contributed by atoms with E-state index in [0.717, 1.165) is 25.9 Å². The van der Waals surface area contributed by atoms with Crippen LogP contribution >= 0.6 is 0 Å². The van der Waals surface area contributed by atoms with Crippen LogP contribution in [0.3, 0.4) is 0 Å². The Labute approximate surface area is 103 Å². The molecule has 92 valence electrons. The van der Waals surface area contributed by atoms with E-state index in [0.29, 0.717) is 0 Å². The van der Waals surface area contributed by atoms with Gasteiger partial charge >= 0.3 is 0 Å². The summed E-state index contributed by atoms with van der Waals surface area (Å²) in [6.07, 6.45) is 1.97. The van der Waals surface area contributed by atoms with Crippen molar-refractivity contribution in [3.05, 3.63) is 29.3 Å². The lowest BCUT2D eigenvalue weighted by Gasteiger charge is -2.33. The molecular weight excluding hydrogens is 212 g/mol. The number of anilines is 1. The number of aryl methyl sites for hydroxylation is 2. The van der Waals surface area contributed by atoms with E-state index in [9.17, 15) is 4.79 Å². The maximum atomic E-state index is 11.2. The summed E-state index contributed by atoms with van der Waals surface area (Å²) in [7, 11) is 0. The third-order valence-corrected chi connectivity index (χ3v) is 3.68. The Bertz CT molecular complexity index is 428. The van der Waals surface area contributed by atoms with Crippen molar-refractivity contribution in [2.75, 3.05) is 18.0 Å². The van der Waals surface area contributed by atoms with E-state index < -0.39 is 0 Å². The highest BCUT2D eigenvalue weighted by atomic mass is 16.1. The van der Waals surface area contributed by atoms with Crippen LogP contribution in [0.5, 0.6) is 0 Å². The van der Waals surface area contributed by atoms with E-state index >= 15 is 0 Å². The molecule has 3 heteroatoms. The van der Waals surface area contributed by atoms with Crippen molar-refractivity contribution in [3.63, 3.8) is 0 Å². The lowest BCUT2D eigenvalue weighted by molar-refractivity contribution is -0.122. The second kappa shape index (κ2) is 4.78. The molecule has 1 unspecified atom stereocenters. The first-order chi connectivity index (χ1) is 8.08. The molecule has 1 heterocycles. The molecule has 1 aromatic rings. The van der Waals surface area contributed by atoms with Gasteiger partial charge in [0.15, 0.2) is 0 Å². The van der Waals surface area contributed by atoms with Crippen LogP contribution in [-0.4, -0.2) is 19.0 Å². The number of amides is 1. The second-order valence-electron chi connectivity index (χ2n) is 4.96. The lowest BCUT2D eigenvalue weighted by Crippen LogP contribution is -2.41. The number of hydrogen-bond donors (Lipinski definition) is 1. The SMILES string of the molecule is Cc1ccc(N2CCCC(C(N)=O)C2)cc1C. The van der Waals surface area contributed by atoms with E-state index in [2.05, 4.69) is 36.9 Å². The van der Waals surface area contributed by atoms with Gasteiger partial charge in [-0.25, -0.2) is 0 Å². The number of nitrogens with two attached hydrogens (primary N) is 1. The van der Waals surface area contributed by atoms with Crippen molar-refractivity contribution in [2.45, 2.75) is 26.7 Å². The fraction of sp³-hybridized carbons (Fsp3) is 0.500. The molecule has 1 aromatic carbocycles. The summed E-state index contributed by atoms with van der Waals surface area (Å²) in [4.78, 5) is 13.5. The molecule has 0 aliphatic carbocycles. The quantitative estimate of drug-likeness (QED) is 0.847. The van der Waals surface area contributed by atoms with Crippen LogP contribution in [0.4, 0.5) is 5.69 Å². The molecule has 3 nitrogen and oxygen atoms in total. The number of piperidine rings is 1. The highest BCUT2D eigenvalue weighted by Crippen LogP contribution is 2.24. The Hall–Kier alpha value is -1.51. The Balaban J connectivity index is 2.16. The molecule has 1 atom stereocenters. The van der Waals surface area contributed by atoms with Crippen LogP contribution in [0.15, 0.2) is 18.2 Å². The third-order valence-electron chi connectivity index (χ3n) is 3.68. The standard InChI is InChI=1S/C14H20N2O/c1-10-5-6-13(8-11(10)2)16-7-3-4-12(9-16)14(15)17/h5-6,8,12H,3-4,7,9H2,1-2H3,(H2,15,17). The van der Waals surface area contributed by atoms with Crippen molar-refractivity contribution in [1.29, 1.82) is 0 Å². The number of rotatable bonds is 2. The molecule has 1 amide bonds. The molecule has 1 aliphatic heterocycles. The van der Waals surface area contributed by atoms with Gasteiger partial charge in [0, 0.05) is 18.8 Å². The number of carbonyl (C=O) groups is 1. The first-order valence-electron chi connectivity index (χ1n) is 6.19. The molecule has 17 heavy (non-hydrogen) atoms. The molecule has 0 bridgehead atoms. The number of carbonyl (C=O) groups excluding carboxylic acids is 1.